The van der Waals surface area contributed by atoms with E-state index < -0.39 is 5.91 Å². The molecule has 102 valence electrons. The van der Waals surface area contributed by atoms with Crippen LogP contribution in [0.2, 0.25) is 0 Å². The molecule has 1 heterocycles. The predicted octanol–water partition coefficient (Wildman–Crippen LogP) is 2.91. The van der Waals surface area contributed by atoms with E-state index in [2.05, 4.69) is 9.97 Å². The van der Waals surface area contributed by atoms with Crippen LogP contribution in [0.5, 0.6) is 0 Å². The summed E-state index contributed by atoms with van der Waals surface area (Å²) in [6.07, 6.45) is 1.46. The fourth-order valence-electron chi connectivity index (χ4n) is 2.25. The second kappa shape index (κ2) is 5.54. The maximum Gasteiger partial charge on any atom is 0.253 e. The van der Waals surface area contributed by atoms with Crippen molar-refractivity contribution in [2.24, 2.45) is 5.73 Å². The van der Waals surface area contributed by atoms with Crippen molar-refractivity contribution >= 4 is 5.91 Å². The third-order valence-electron chi connectivity index (χ3n) is 3.19. The van der Waals surface area contributed by atoms with Crippen molar-refractivity contribution in [2.45, 2.75) is 0 Å². The number of hydrogen-bond donors (Lipinski definition) is 1. The van der Waals surface area contributed by atoms with E-state index >= 15 is 0 Å². The van der Waals surface area contributed by atoms with Crippen LogP contribution in [0.3, 0.4) is 0 Å². The lowest BCUT2D eigenvalue weighted by molar-refractivity contribution is 0.100. The molecule has 4 heteroatoms. The van der Waals surface area contributed by atoms with Gasteiger partial charge in [-0.3, -0.25) is 4.79 Å². The Morgan fingerprint density at radius 2 is 1.19 bits per heavy atom. The molecule has 0 atom stereocenters. The molecular formula is C17H13N3O. The number of aromatic nitrogens is 2. The first-order valence-electron chi connectivity index (χ1n) is 6.53. The fraction of sp³-hybridized carbons (Fsp3) is 0. The first kappa shape index (κ1) is 13.0. The minimum Gasteiger partial charge on any atom is -0.365 e. The summed E-state index contributed by atoms with van der Waals surface area (Å²) < 4.78 is 0. The van der Waals surface area contributed by atoms with Gasteiger partial charge in [-0.25, -0.2) is 9.97 Å². The summed E-state index contributed by atoms with van der Waals surface area (Å²) in [7, 11) is 0. The van der Waals surface area contributed by atoms with Gasteiger partial charge in [0, 0.05) is 11.1 Å². The zero-order valence-corrected chi connectivity index (χ0v) is 11.2. The van der Waals surface area contributed by atoms with Crippen LogP contribution in [0.15, 0.2) is 67.0 Å². The van der Waals surface area contributed by atoms with E-state index in [4.69, 9.17) is 5.73 Å². The number of nitrogens with two attached hydrogens (primary N) is 1. The van der Waals surface area contributed by atoms with Crippen molar-refractivity contribution in [1.29, 1.82) is 0 Å². The van der Waals surface area contributed by atoms with E-state index in [9.17, 15) is 4.79 Å². The lowest BCUT2D eigenvalue weighted by Gasteiger charge is -2.10. The smallest absolute Gasteiger partial charge is 0.253 e. The monoisotopic (exact) mass is 275 g/mol. The molecule has 2 N–H and O–H groups in total. The molecule has 0 saturated carbocycles. The van der Waals surface area contributed by atoms with Crippen LogP contribution in [0.1, 0.15) is 10.4 Å². The lowest BCUT2D eigenvalue weighted by Crippen LogP contribution is -2.16. The third kappa shape index (κ3) is 2.51. The van der Waals surface area contributed by atoms with E-state index in [0.29, 0.717) is 17.0 Å². The third-order valence-corrected chi connectivity index (χ3v) is 3.19. The first-order valence-corrected chi connectivity index (χ1v) is 6.53. The molecule has 0 fully saturated rings. The molecule has 0 radical (unpaired) electrons. The van der Waals surface area contributed by atoms with Gasteiger partial charge < -0.3 is 5.73 Å². The lowest BCUT2D eigenvalue weighted by atomic mass is 10.00. The molecule has 21 heavy (non-hydrogen) atoms. The molecule has 2 aromatic carbocycles. The van der Waals surface area contributed by atoms with Crippen molar-refractivity contribution in [3.8, 4) is 22.5 Å². The zero-order valence-electron chi connectivity index (χ0n) is 11.2. The Bertz CT molecular complexity index is 713. The molecule has 0 aliphatic carbocycles. The molecule has 0 unspecified atom stereocenters. The largest absolute Gasteiger partial charge is 0.365 e. The van der Waals surface area contributed by atoms with Crippen LogP contribution >= 0.6 is 0 Å². The molecule has 0 aliphatic heterocycles. The molecule has 4 nitrogen and oxygen atoms in total. The van der Waals surface area contributed by atoms with Gasteiger partial charge in [-0.05, 0) is 0 Å². The normalized spacial score (nSPS) is 10.3. The highest BCUT2D eigenvalue weighted by atomic mass is 16.1. The van der Waals surface area contributed by atoms with Crippen LogP contribution < -0.4 is 5.73 Å². The highest BCUT2D eigenvalue weighted by Crippen LogP contribution is 2.28. The van der Waals surface area contributed by atoms with Gasteiger partial charge in [-0.2, -0.15) is 0 Å². The molecule has 0 aliphatic rings. The Balaban J connectivity index is 2.26. The van der Waals surface area contributed by atoms with E-state index in [-0.39, 0.29) is 0 Å². The number of amides is 1. The van der Waals surface area contributed by atoms with E-state index in [1.165, 1.54) is 6.33 Å². The number of benzene rings is 2. The minimum atomic E-state index is -0.534. The van der Waals surface area contributed by atoms with Crippen molar-refractivity contribution in [1.82, 2.24) is 9.97 Å². The van der Waals surface area contributed by atoms with Crippen molar-refractivity contribution in [2.75, 3.05) is 0 Å². The first-order chi connectivity index (χ1) is 10.3. The van der Waals surface area contributed by atoms with Crippen LogP contribution in [-0.2, 0) is 0 Å². The van der Waals surface area contributed by atoms with Crippen molar-refractivity contribution in [3.05, 3.63) is 72.6 Å². The van der Waals surface area contributed by atoms with Crippen molar-refractivity contribution < 1.29 is 4.79 Å². The van der Waals surface area contributed by atoms with Gasteiger partial charge in [0.1, 0.15) is 6.33 Å². The number of hydrogen-bond acceptors (Lipinski definition) is 3. The summed E-state index contributed by atoms with van der Waals surface area (Å²) in [4.78, 5) is 20.4. The Labute approximate surface area is 122 Å². The second-order valence-electron chi connectivity index (χ2n) is 4.54. The summed E-state index contributed by atoms with van der Waals surface area (Å²) in [6, 6.07) is 19.0. The number of carbonyl (C=O) groups is 1. The average Bonchev–Trinajstić information content (AvgIpc) is 2.55. The fourth-order valence-corrected chi connectivity index (χ4v) is 2.25. The topological polar surface area (TPSA) is 68.9 Å². The second-order valence-corrected chi connectivity index (χ2v) is 4.54. The Kier molecular flexibility index (Phi) is 3.43. The molecule has 1 aromatic heterocycles. The molecule has 0 saturated heterocycles. The van der Waals surface area contributed by atoms with Crippen LogP contribution in [-0.4, -0.2) is 15.9 Å². The summed E-state index contributed by atoms with van der Waals surface area (Å²) in [5.74, 6) is -0.534. The Hall–Kier alpha value is -3.01. The van der Waals surface area contributed by atoms with Gasteiger partial charge in [0.15, 0.2) is 0 Å². The standard InChI is InChI=1S/C17H13N3O/c18-17(21)14-15(12-7-3-1-4-8-12)19-11-20-16(14)13-9-5-2-6-10-13/h1-11H,(H2,18,21). The van der Waals surface area contributed by atoms with Crippen LogP contribution in [0.4, 0.5) is 0 Å². The van der Waals surface area contributed by atoms with E-state index in [1.54, 1.807) is 0 Å². The summed E-state index contributed by atoms with van der Waals surface area (Å²) in [5.41, 5.74) is 8.70. The number of carbonyl (C=O) groups excluding carboxylic acids is 1. The SMILES string of the molecule is NC(=O)c1c(-c2ccccc2)ncnc1-c1ccccc1. The Morgan fingerprint density at radius 1 is 0.762 bits per heavy atom. The molecule has 3 rings (SSSR count). The highest BCUT2D eigenvalue weighted by Gasteiger charge is 2.18. The highest BCUT2D eigenvalue weighted by molar-refractivity contribution is 6.04. The summed E-state index contributed by atoms with van der Waals surface area (Å²) in [5, 5.41) is 0. The number of primary amides is 1. The van der Waals surface area contributed by atoms with Crippen LogP contribution in [0, 0.1) is 0 Å². The van der Waals surface area contributed by atoms with Crippen LogP contribution in [0.25, 0.3) is 22.5 Å². The Morgan fingerprint density at radius 3 is 1.57 bits per heavy atom. The van der Waals surface area contributed by atoms with E-state index in [1.807, 2.05) is 60.7 Å². The van der Waals surface area contributed by atoms with Gasteiger partial charge in [0.05, 0.1) is 17.0 Å². The molecule has 0 bridgehead atoms. The van der Waals surface area contributed by atoms with Gasteiger partial charge in [-0.15, -0.1) is 0 Å². The van der Waals surface area contributed by atoms with Crippen molar-refractivity contribution in [3.63, 3.8) is 0 Å². The molecule has 3 aromatic rings. The number of rotatable bonds is 3. The minimum absolute atomic E-state index is 0.342. The molecule has 0 spiro atoms. The summed E-state index contributed by atoms with van der Waals surface area (Å²) in [6.45, 7) is 0. The summed E-state index contributed by atoms with van der Waals surface area (Å²) >= 11 is 0. The molecule has 1 amide bonds. The van der Waals surface area contributed by atoms with Gasteiger partial charge >= 0.3 is 0 Å². The molecular weight excluding hydrogens is 262 g/mol. The van der Waals surface area contributed by atoms with Gasteiger partial charge in [0.2, 0.25) is 0 Å². The van der Waals surface area contributed by atoms with E-state index in [0.717, 1.165) is 11.1 Å². The van der Waals surface area contributed by atoms with Gasteiger partial charge in [-0.1, -0.05) is 60.7 Å². The average molecular weight is 275 g/mol. The maximum absolute atomic E-state index is 11.9. The zero-order chi connectivity index (χ0) is 14.7. The predicted molar refractivity (Wildman–Crippen MR) is 81.4 cm³/mol. The maximum atomic E-state index is 11.9. The number of nitrogens with zero attached hydrogens (tertiary/aromatic N) is 2. The quantitative estimate of drug-likeness (QED) is 0.799. The van der Waals surface area contributed by atoms with Gasteiger partial charge in [0.25, 0.3) is 5.91 Å².